The van der Waals surface area contributed by atoms with E-state index in [1.54, 1.807) is 4.90 Å². The van der Waals surface area contributed by atoms with E-state index >= 15 is 0 Å². The lowest BCUT2D eigenvalue weighted by atomic mass is 9.96. The SMILES string of the molecule is CC(C)c1cccc(N(C)C(=O)C2(N)CCCC2)c1. The zero-order chi connectivity index (χ0) is 14.0. The van der Waals surface area contributed by atoms with E-state index in [9.17, 15) is 4.79 Å². The standard InChI is InChI=1S/C16H24N2O/c1-12(2)13-7-6-8-14(11-13)18(3)15(19)16(17)9-4-5-10-16/h6-8,11-12H,4-5,9-10,17H2,1-3H3. The van der Waals surface area contributed by atoms with Crippen molar-refractivity contribution in [2.45, 2.75) is 51.0 Å². The van der Waals surface area contributed by atoms with Crippen LogP contribution < -0.4 is 10.6 Å². The van der Waals surface area contributed by atoms with Crippen LogP contribution in [0.3, 0.4) is 0 Å². The first-order valence-corrected chi connectivity index (χ1v) is 7.11. The fourth-order valence-electron chi connectivity index (χ4n) is 2.76. The lowest BCUT2D eigenvalue weighted by Crippen LogP contribution is -2.52. The summed E-state index contributed by atoms with van der Waals surface area (Å²) in [4.78, 5) is 14.3. The van der Waals surface area contributed by atoms with Gasteiger partial charge in [0.05, 0.1) is 5.54 Å². The molecule has 0 aliphatic heterocycles. The number of nitrogens with two attached hydrogens (primary N) is 1. The Kier molecular flexibility index (Phi) is 3.95. The second-order valence-corrected chi connectivity index (χ2v) is 5.98. The first-order valence-electron chi connectivity index (χ1n) is 7.11. The van der Waals surface area contributed by atoms with Gasteiger partial charge in [-0.05, 0) is 36.5 Å². The largest absolute Gasteiger partial charge is 0.317 e. The highest BCUT2D eigenvalue weighted by molar-refractivity contribution is 5.99. The average Bonchev–Trinajstić information content (AvgIpc) is 2.85. The van der Waals surface area contributed by atoms with E-state index in [4.69, 9.17) is 5.73 Å². The number of anilines is 1. The van der Waals surface area contributed by atoms with Crippen LogP contribution in [0.2, 0.25) is 0 Å². The number of carbonyl (C=O) groups excluding carboxylic acids is 1. The third kappa shape index (κ3) is 2.81. The molecule has 0 radical (unpaired) electrons. The van der Waals surface area contributed by atoms with Gasteiger partial charge in [-0.3, -0.25) is 4.79 Å². The summed E-state index contributed by atoms with van der Waals surface area (Å²) >= 11 is 0. The fraction of sp³-hybridized carbons (Fsp3) is 0.562. The third-order valence-corrected chi connectivity index (χ3v) is 4.15. The Morgan fingerprint density at radius 3 is 2.53 bits per heavy atom. The molecule has 1 aliphatic rings. The highest BCUT2D eigenvalue weighted by Gasteiger charge is 2.39. The highest BCUT2D eigenvalue weighted by atomic mass is 16.2. The van der Waals surface area contributed by atoms with Crippen LogP contribution in [0.4, 0.5) is 5.69 Å². The zero-order valence-corrected chi connectivity index (χ0v) is 12.1. The molecule has 2 N–H and O–H groups in total. The number of hydrogen-bond donors (Lipinski definition) is 1. The number of rotatable bonds is 3. The van der Waals surface area contributed by atoms with Crippen LogP contribution in [-0.2, 0) is 4.79 Å². The van der Waals surface area contributed by atoms with Crippen molar-refractivity contribution < 1.29 is 4.79 Å². The van der Waals surface area contributed by atoms with Crippen molar-refractivity contribution in [3.8, 4) is 0 Å². The van der Waals surface area contributed by atoms with Crippen molar-refractivity contribution in [1.29, 1.82) is 0 Å². The monoisotopic (exact) mass is 260 g/mol. The molecular weight excluding hydrogens is 236 g/mol. The van der Waals surface area contributed by atoms with Gasteiger partial charge in [0.1, 0.15) is 0 Å². The predicted octanol–water partition coefficient (Wildman–Crippen LogP) is 3.04. The van der Waals surface area contributed by atoms with Gasteiger partial charge >= 0.3 is 0 Å². The smallest absolute Gasteiger partial charge is 0.246 e. The van der Waals surface area contributed by atoms with E-state index < -0.39 is 5.54 Å². The summed E-state index contributed by atoms with van der Waals surface area (Å²) in [5.41, 5.74) is 7.78. The normalized spacial score (nSPS) is 17.7. The van der Waals surface area contributed by atoms with Crippen molar-refractivity contribution in [3.05, 3.63) is 29.8 Å². The molecule has 1 aliphatic carbocycles. The number of amides is 1. The maximum Gasteiger partial charge on any atom is 0.246 e. The molecule has 3 nitrogen and oxygen atoms in total. The maximum atomic E-state index is 12.5. The second kappa shape index (κ2) is 5.33. The number of likely N-dealkylation sites (N-methyl/N-ethyl adjacent to an activating group) is 1. The molecule has 1 aromatic carbocycles. The average molecular weight is 260 g/mol. The number of benzene rings is 1. The molecule has 1 amide bonds. The van der Waals surface area contributed by atoms with E-state index in [0.29, 0.717) is 5.92 Å². The molecule has 1 saturated carbocycles. The van der Waals surface area contributed by atoms with Crippen molar-refractivity contribution >= 4 is 11.6 Å². The first-order chi connectivity index (χ1) is 8.94. The van der Waals surface area contributed by atoms with Crippen LogP contribution >= 0.6 is 0 Å². The Morgan fingerprint density at radius 1 is 1.32 bits per heavy atom. The van der Waals surface area contributed by atoms with Crippen LogP contribution in [0.5, 0.6) is 0 Å². The first kappa shape index (κ1) is 14.1. The van der Waals surface area contributed by atoms with E-state index in [1.807, 2.05) is 19.2 Å². The summed E-state index contributed by atoms with van der Waals surface area (Å²) in [7, 11) is 1.83. The maximum absolute atomic E-state index is 12.5. The molecule has 1 fully saturated rings. The molecule has 0 atom stereocenters. The minimum atomic E-state index is -0.650. The molecule has 1 aromatic rings. The summed E-state index contributed by atoms with van der Waals surface area (Å²) in [6.07, 6.45) is 3.73. The van der Waals surface area contributed by atoms with E-state index in [1.165, 1.54) is 5.56 Å². The van der Waals surface area contributed by atoms with Gasteiger partial charge in [-0.25, -0.2) is 0 Å². The number of hydrogen-bond acceptors (Lipinski definition) is 2. The molecule has 0 bridgehead atoms. The summed E-state index contributed by atoms with van der Waals surface area (Å²) in [6.45, 7) is 4.31. The Balaban J connectivity index is 2.21. The van der Waals surface area contributed by atoms with E-state index in [0.717, 1.165) is 31.4 Å². The Hall–Kier alpha value is -1.35. The van der Waals surface area contributed by atoms with Gasteiger partial charge in [-0.15, -0.1) is 0 Å². The molecule has 0 saturated heterocycles. The van der Waals surface area contributed by atoms with Crippen molar-refractivity contribution in [3.63, 3.8) is 0 Å². The zero-order valence-electron chi connectivity index (χ0n) is 12.1. The third-order valence-electron chi connectivity index (χ3n) is 4.15. The van der Waals surface area contributed by atoms with Crippen LogP contribution in [-0.4, -0.2) is 18.5 Å². The molecule has 3 heteroatoms. The summed E-state index contributed by atoms with van der Waals surface area (Å²) in [5, 5.41) is 0. The second-order valence-electron chi connectivity index (χ2n) is 5.98. The fourth-order valence-corrected chi connectivity index (χ4v) is 2.76. The molecule has 104 valence electrons. The van der Waals surface area contributed by atoms with E-state index in [2.05, 4.69) is 26.0 Å². The van der Waals surface area contributed by atoms with Crippen molar-refractivity contribution in [2.24, 2.45) is 5.73 Å². The summed E-state index contributed by atoms with van der Waals surface area (Å²) in [6, 6.07) is 8.16. The lowest BCUT2D eigenvalue weighted by Gasteiger charge is -2.29. The molecule has 19 heavy (non-hydrogen) atoms. The van der Waals surface area contributed by atoms with Gasteiger partial charge in [0.25, 0.3) is 0 Å². The summed E-state index contributed by atoms with van der Waals surface area (Å²) < 4.78 is 0. The Bertz CT molecular complexity index is 462. The van der Waals surface area contributed by atoms with Gasteiger partial charge in [-0.1, -0.05) is 38.8 Å². The van der Waals surface area contributed by atoms with Crippen LogP contribution in [0.25, 0.3) is 0 Å². The summed E-state index contributed by atoms with van der Waals surface area (Å²) in [5.74, 6) is 0.507. The molecule has 0 aromatic heterocycles. The highest BCUT2D eigenvalue weighted by Crippen LogP contribution is 2.30. The van der Waals surface area contributed by atoms with Gasteiger partial charge in [0.15, 0.2) is 0 Å². The molecule has 0 spiro atoms. The molecule has 0 unspecified atom stereocenters. The van der Waals surface area contributed by atoms with Gasteiger partial charge < -0.3 is 10.6 Å². The van der Waals surface area contributed by atoms with Crippen LogP contribution in [0.15, 0.2) is 24.3 Å². The molecular formula is C16H24N2O. The van der Waals surface area contributed by atoms with Gasteiger partial charge in [0, 0.05) is 12.7 Å². The Morgan fingerprint density at radius 2 is 1.95 bits per heavy atom. The Labute approximate surface area is 115 Å². The minimum absolute atomic E-state index is 0.0471. The van der Waals surface area contributed by atoms with Crippen LogP contribution in [0.1, 0.15) is 51.0 Å². The topological polar surface area (TPSA) is 46.3 Å². The van der Waals surface area contributed by atoms with Crippen molar-refractivity contribution in [2.75, 3.05) is 11.9 Å². The van der Waals surface area contributed by atoms with Crippen LogP contribution in [0, 0.1) is 0 Å². The quantitative estimate of drug-likeness (QED) is 0.908. The molecule has 2 rings (SSSR count). The predicted molar refractivity (Wildman–Crippen MR) is 79.3 cm³/mol. The minimum Gasteiger partial charge on any atom is -0.317 e. The number of carbonyl (C=O) groups is 1. The number of nitrogens with zero attached hydrogens (tertiary/aromatic N) is 1. The van der Waals surface area contributed by atoms with Gasteiger partial charge in [0.2, 0.25) is 5.91 Å². The van der Waals surface area contributed by atoms with Crippen molar-refractivity contribution in [1.82, 2.24) is 0 Å². The lowest BCUT2D eigenvalue weighted by molar-refractivity contribution is -0.123. The molecule has 0 heterocycles. The van der Waals surface area contributed by atoms with E-state index in [-0.39, 0.29) is 5.91 Å². The van der Waals surface area contributed by atoms with Gasteiger partial charge in [-0.2, -0.15) is 0 Å².